The first-order valence-corrected chi connectivity index (χ1v) is 7.46. The quantitative estimate of drug-likeness (QED) is 0.776. The van der Waals surface area contributed by atoms with E-state index in [1.807, 2.05) is 30.3 Å². The van der Waals surface area contributed by atoms with Crippen molar-refractivity contribution in [3.63, 3.8) is 0 Å². The fourth-order valence-electron chi connectivity index (χ4n) is 2.92. The van der Waals surface area contributed by atoms with Crippen molar-refractivity contribution in [3.8, 4) is 5.75 Å². The van der Waals surface area contributed by atoms with Gasteiger partial charge in [0.2, 0.25) is 0 Å². The molecule has 0 unspecified atom stereocenters. The lowest BCUT2D eigenvalue weighted by molar-refractivity contribution is -0.117. The number of rotatable bonds is 4. The van der Waals surface area contributed by atoms with Gasteiger partial charge in [-0.25, -0.2) is 0 Å². The van der Waals surface area contributed by atoms with Crippen LogP contribution < -0.4 is 5.56 Å². The Morgan fingerprint density at radius 3 is 2.43 bits per heavy atom. The van der Waals surface area contributed by atoms with Crippen molar-refractivity contribution in [2.24, 2.45) is 0 Å². The first kappa shape index (κ1) is 15.0. The topological polar surface area (TPSA) is 70.2 Å². The summed E-state index contributed by atoms with van der Waals surface area (Å²) < 4.78 is 0. The van der Waals surface area contributed by atoms with E-state index in [4.69, 9.17) is 0 Å². The molecular weight excluding hydrogens is 290 g/mol. The number of hydrogen-bond donors (Lipinski definition) is 2. The molecule has 0 aliphatic carbocycles. The summed E-state index contributed by atoms with van der Waals surface area (Å²) in [4.78, 5) is 27.0. The number of hydrogen-bond acceptors (Lipinski definition) is 3. The second kappa shape index (κ2) is 6.08. The highest BCUT2D eigenvalue weighted by Crippen LogP contribution is 2.35. The third kappa shape index (κ3) is 2.88. The molecular formula is C19H17NO3. The highest BCUT2D eigenvalue weighted by molar-refractivity contribution is 5.86. The number of ketones is 1. The summed E-state index contributed by atoms with van der Waals surface area (Å²) in [5.41, 5.74) is 1.29. The Labute approximate surface area is 133 Å². The molecule has 2 N–H and O–H groups in total. The SMILES string of the molecule is CC(=O)C[C@@H](c1ccccc1)c1c(O)c2ccccc2[nH]c1=O. The molecule has 1 atom stereocenters. The number of para-hydroxylation sites is 1. The van der Waals surface area contributed by atoms with Crippen molar-refractivity contribution in [1.82, 2.24) is 4.98 Å². The maximum absolute atomic E-state index is 12.5. The number of pyridine rings is 1. The van der Waals surface area contributed by atoms with Crippen LogP contribution in [-0.4, -0.2) is 15.9 Å². The predicted molar refractivity (Wildman–Crippen MR) is 89.8 cm³/mol. The molecule has 0 saturated heterocycles. The number of carbonyl (C=O) groups is 1. The monoisotopic (exact) mass is 307 g/mol. The van der Waals surface area contributed by atoms with Gasteiger partial charge in [0, 0.05) is 17.7 Å². The Bertz CT molecular complexity index is 913. The average molecular weight is 307 g/mol. The van der Waals surface area contributed by atoms with E-state index >= 15 is 0 Å². The molecule has 0 aliphatic heterocycles. The molecule has 0 bridgehead atoms. The summed E-state index contributed by atoms with van der Waals surface area (Å²) >= 11 is 0. The maximum atomic E-state index is 12.5. The average Bonchev–Trinajstić information content (AvgIpc) is 2.54. The fraction of sp³-hybridized carbons (Fsp3) is 0.158. The first-order valence-electron chi connectivity index (χ1n) is 7.46. The van der Waals surface area contributed by atoms with Crippen LogP contribution in [0.5, 0.6) is 5.75 Å². The molecule has 0 saturated carbocycles. The van der Waals surface area contributed by atoms with E-state index in [0.29, 0.717) is 10.9 Å². The van der Waals surface area contributed by atoms with Gasteiger partial charge in [0.1, 0.15) is 11.5 Å². The number of Topliss-reactive ketones (excluding diaryl/α,β-unsaturated/α-hetero) is 1. The van der Waals surface area contributed by atoms with Gasteiger partial charge < -0.3 is 10.1 Å². The largest absolute Gasteiger partial charge is 0.507 e. The van der Waals surface area contributed by atoms with Crippen LogP contribution in [-0.2, 0) is 4.79 Å². The van der Waals surface area contributed by atoms with Crippen LogP contribution >= 0.6 is 0 Å². The number of nitrogens with one attached hydrogen (secondary N) is 1. The summed E-state index contributed by atoms with van der Waals surface area (Å²) in [5, 5.41) is 11.2. The molecule has 23 heavy (non-hydrogen) atoms. The van der Waals surface area contributed by atoms with Crippen LogP contribution in [0.2, 0.25) is 0 Å². The van der Waals surface area contributed by atoms with Crippen molar-refractivity contribution >= 4 is 16.7 Å². The van der Waals surface area contributed by atoms with Gasteiger partial charge in [-0.15, -0.1) is 0 Å². The molecule has 3 rings (SSSR count). The highest BCUT2D eigenvalue weighted by Gasteiger charge is 2.24. The van der Waals surface area contributed by atoms with E-state index in [1.165, 1.54) is 6.92 Å². The van der Waals surface area contributed by atoms with E-state index in [-0.39, 0.29) is 29.1 Å². The molecule has 4 heteroatoms. The van der Waals surface area contributed by atoms with Crippen LogP contribution in [0.4, 0.5) is 0 Å². The van der Waals surface area contributed by atoms with E-state index in [1.54, 1.807) is 24.3 Å². The molecule has 2 aromatic carbocycles. The van der Waals surface area contributed by atoms with Crippen LogP contribution in [0.25, 0.3) is 10.9 Å². The molecule has 0 aliphatic rings. The summed E-state index contributed by atoms with van der Waals surface area (Å²) in [6, 6.07) is 16.4. The second-order valence-corrected chi connectivity index (χ2v) is 5.63. The van der Waals surface area contributed by atoms with Crippen molar-refractivity contribution in [1.29, 1.82) is 0 Å². The van der Waals surface area contributed by atoms with E-state index in [0.717, 1.165) is 5.56 Å². The Hall–Kier alpha value is -2.88. The van der Waals surface area contributed by atoms with Crippen LogP contribution in [0.1, 0.15) is 30.4 Å². The van der Waals surface area contributed by atoms with Crippen molar-refractivity contribution in [2.45, 2.75) is 19.3 Å². The van der Waals surface area contributed by atoms with Gasteiger partial charge in [0.15, 0.2) is 0 Å². The number of aromatic nitrogens is 1. The third-order valence-electron chi connectivity index (χ3n) is 3.97. The number of fused-ring (bicyclic) bond motifs is 1. The molecule has 1 aromatic heterocycles. The smallest absolute Gasteiger partial charge is 0.256 e. The molecule has 0 spiro atoms. The molecule has 4 nitrogen and oxygen atoms in total. The molecule has 3 aromatic rings. The van der Waals surface area contributed by atoms with Crippen LogP contribution in [0, 0.1) is 0 Å². The van der Waals surface area contributed by atoms with Crippen molar-refractivity contribution < 1.29 is 9.90 Å². The molecule has 116 valence electrons. The van der Waals surface area contributed by atoms with Gasteiger partial charge in [-0.1, -0.05) is 42.5 Å². The van der Waals surface area contributed by atoms with Gasteiger partial charge in [-0.05, 0) is 24.6 Å². The molecule has 0 amide bonds. The number of H-pyrrole nitrogens is 1. The van der Waals surface area contributed by atoms with Gasteiger partial charge in [0.25, 0.3) is 5.56 Å². The summed E-state index contributed by atoms with van der Waals surface area (Å²) in [5.74, 6) is -0.563. The molecule has 0 radical (unpaired) electrons. The zero-order chi connectivity index (χ0) is 16.4. The van der Waals surface area contributed by atoms with Gasteiger partial charge in [-0.2, -0.15) is 0 Å². The number of aromatic hydroxyl groups is 1. The normalized spacial score (nSPS) is 12.2. The Kier molecular flexibility index (Phi) is 3.98. The summed E-state index contributed by atoms with van der Waals surface area (Å²) in [6.45, 7) is 1.49. The molecule has 0 fully saturated rings. The number of carbonyl (C=O) groups excluding carboxylic acids is 1. The zero-order valence-electron chi connectivity index (χ0n) is 12.7. The highest BCUT2D eigenvalue weighted by atomic mass is 16.3. The third-order valence-corrected chi connectivity index (χ3v) is 3.97. The maximum Gasteiger partial charge on any atom is 0.256 e. The van der Waals surface area contributed by atoms with Gasteiger partial charge in [0.05, 0.1) is 11.1 Å². The lowest BCUT2D eigenvalue weighted by atomic mass is 9.87. The van der Waals surface area contributed by atoms with Gasteiger partial charge in [-0.3, -0.25) is 9.59 Å². The Balaban J connectivity index is 2.26. The van der Waals surface area contributed by atoms with Gasteiger partial charge >= 0.3 is 0 Å². The van der Waals surface area contributed by atoms with E-state index in [2.05, 4.69) is 4.98 Å². The van der Waals surface area contributed by atoms with E-state index in [9.17, 15) is 14.7 Å². The zero-order valence-corrected chi connectivity index (χ0v) is 12.7. The van der Waals surface area contributed by atoms with Crippen molar-refractivity contribution in [3.05, 3.63) is 76.1 Å². The minimum Gasteiger partial charge on any atom is -0.507 e. The van der Waals surface area contributed by atoms with E-state index < -0.39 is 5.92 Å². The fourth-order valence-corrected chi connectivity index (χ4v) is 2.92. The Morgan fingerprint density at radius 1 is 1.09 bits per heavy atom. The Morgan fingerprint density at radius 2 is 1.74 bits per heavy atom. The second-order valence-electron chi connectivity index (χ2n) is 5.63. The minimum absolute atomic E-state index is 0.0363. The molecule has 1 heterocycles. The standard InChI is InChI=1S/C19H17NO3/c1-12(21)11-15(13-7-3-2-4-8-13)17-18(22)14-9-5-6-10-16(14)20-19(17)23/h2-10,15H,11H2,1H3,(H2,20,22,23)/t15-/m0/s1. The lowest BCUT2D eigenvalue weighted by Crippen LogP contribution is -2.19. The van der Waals surface area contributed by atoms with Crippen molar-refractivity contribution in [2.75, 3.05) is 0 Å². The number of aromatic amines is 1. The number of benzene rings is 2. The predicted octanol–water partition coefficient (Wildman–Crippen LogP) is 3.34. The summed E-state index contributed by atoms with van der Waals surface area (Å²) in [6.07, 6.45) is 0.166. The minimum atomic E-state index is -0.470. The van der Waals surface area contributed by atoms with Crippen LogP contribution in [0.15, 0.2) is 59.4 Å². The first-order chi connectivity index (χ1) is 11.1. The lowest BCUT2D eigenvalue weighted by Gasteiger charge is -2.18. The summed E-state index contributed by atoms with van der Waals surface area (Å²) in [7, 11) is 0. The van der Waals surface area contributed by atoms with Crippen LogP contribution in [0.3, 0.4) is 0 Å².